The topological polar surface area (TPSA) is 9.23 Å². The van der Waals surface area contributed by atoms with Crippen LogP contribution in [0, 0.1) is 0 Å². The molecule has 1 atom stereocenters. The summed E-state index contributed by atoms with van der Waals surface area (Å²) >= 11 is 1.71. The van der Waals surface area contributed by atoms with Crippen molar-refractivity contribution >= 4 is 19.4 Å². The Morgan fingerprint density at radius 3 is 2.40 bits per heavy atom. The van der Waals surface area contributed by atoms with Crippen molar-refractivity contribution in [2.75, 3.05) is 13.4 Å². The van der Waals surface area contributed by atoms with Gasteiger partial charge in [0, 0.05) is 7.11 Å². The fourth-order valence-electron chi connectivity index (χ4n) is 0.0833. The van der Waals surface area contributed by atoms with E-state index in [1.165, 1.54) is 0 Å². The van der Waals surface area contributed by atoms with E-state index in [0.29, 0.717) is 8.01 Å². The predicted molar refractivity (Wildman–Crippen MR) is 28.8 cm³/mol. The summed E-state index contributed by atoms with van der Waals surface area (Å²) in [6.45, 7) is 0. The average Bonchev–Trinajstić information content (AvgIpc) is 1.41. The fraction of sp³-hybridized carbons (Fsp3) is 1.00. The molecule has 1 unspecified atom stereocenters. The SMILES string of the molecule is COPSC. The smallest absolute Gasteiger partial charge is 0.0737 e. The molecule has 0 heterocycles. The third-order valence-electron chi connectivity index (χ3n) is 0.167. The highest BCUT2D eigenvalue weighted by Gasteiger charge is 1.65. The van der Waals surface area contributed by atoms with E-state index in [-0.39, 0.29) is 0 Å². The van der Waals surface area contributed by atoms with Gasteiger partial charge in [0.15, 0.2) is 0 Å². The molecule has 0 saturated heterocycles. The summed E-state index contributed by atoms with van der Waals surface area (Å²) in [6, 6.07) is 0. The van der Waals surface area contributed by atoms with Crippen LogP contribution >= 0.6 is 19.4 Å². The van der Waals surface area contributed by atoms with Crippen molar-refractivity contribution in [1.82, 2.24) is 0 Å². The second-order valence-corrected chi connectivity index (χ2v) is 3.20. The highest BCUT2D eigenvalue weighted by Crippen LogP contribution is 2.24. The van der Waals surface area contributed by atoms with Gasteiger partial charge in [-0.3, -0.25) is 0 Å². The van der Waals surface area contributed by atoms with Crippen molar-refractivity contribution in [1.29, 1.82) is 0 Å². The molecule has 0 saturated carbocycles. The van der Waals surface area contributed by atoms with Crippen LogP contribution in [-0.2, 0) is 4.52 Å². The summed E-state index contributed by atoms with van der Waals surface area (Å²) < 4.78 is 4.68. The van der Waals surface area contributed by atoms with E-state index in [1.54, 1.807) is 18.5 Å². The lowest BCUT2D eigenvalue weighted by atomic mass is 11.8. The molecule has 0 aliphatic carbocycles. The first kappa shape index (κ1) is 5.74. The zero-order valence-corrected chi connectivity index (χ0v) is 5.13. The Labute approximate surface area is 38.1 Å². The standard InChI is InChI=1S/C2H7OPS/c1-3-4-5-2/h4H,1-2H3. The minimum absolute atomic E-state index is 0.614. The van der Waals surface area contributed by atoms with Gasteiger partial charge < -0.3 is 4.52 Å². The van der Waals surface area contributed by atoms with Gasteiger partial charge >= 0.3 is 0 Å². The van der Waals surface area contributed by atoms with E-state index >= 15 is 0 Å². The van der Waals surface area contributed by atoms with Crippen LogP contribution < -0.4 is 0 Å². The van der Waals surface area contributed by atoms with Crippen LogP contribution in [0.15, 0.2) is 0 Å². The average molecular weight is 110 g/mol. The van der Waals surface area contributed by atoms with Gasteiger partial charge in [0.25, 0.3) is 0 Å². The molecule has 0 radical (unpaired) electrons. The van der Waals surface area contributed by atoms with Crippen LogP contribution in [-0.4, -0.2) is 13.4 Å². The molecule has 0 aromatic rings. The lowest BCUT2D eigenvalue weighted by molar-refractivity contribution is 0.485. The monoisotopic (exact) mass is 110 g/mol. The molecule has 32 valence electrons. The van der Waals surface area contributed by atoms with Crippen LogP contribution in [0.1, 0.15) is 0 Å². The number of rotatable bonds is 2. The van der Waals surface area contributed by atoms with Gasteiger partial charge in [-0.1, -0.05) is 0 Å². The first-order chi connectivity index (χ1) is 2.41. The van der Waals surface area contributed by atoms with Crippen LogP contribution in [0.3, 0.4) is 0 Å². The predicted octanol–water partition coefficient (Wildman–Crippen LogP) is 1.50. The quantitative estimate of drug-likeness (QED) is 0.498. The molecule has 0 spiro atoms. The molecule has 0 amide bonds. The Morgan fingerprint density at radius 1 is 1.80 bits per heavy atom. The van der Waals surface area contributed by atoms with Crippen LogP contribution in [0.4, 0.5) is 0 Å². The molecule has 0 aromatic heterocycles. The highest BCUT2D eigenvalue weighted by molar-refractivity contribution is 8.47. The molecule has 0 fully saturated rings. The van der Waals surface area contributed by atoms with Gasteiger partial charge in [0.05, 0.1) is 8.01 Å². The molecule has 0 aromatic carbocycles. The molecule has 0 aliphatic rings. The zero-order chi connectivity index (χ0) is 4.12. The van der Waals surface area contributed by atoms with Crippen molar-refractivity contribution in [3.05, 3.63) is 0 Å². The first-order valence-electron chi connectivity index (χ1n) is 1.22. The summed E-state index contributed by atoms with van der Waals surface area (Å²) in [4.78, 5) is 0. The molecular weight excluding hydrogens is 103 g/mol. The summed E-state index contributed by atoms with van der Waals surface area (Å²) in [7, 11) is 2.32. The number of hydrogen-bond donors (Lipinski definition) is 0. The van der Waals surface area contributed by atoms with Crippen LogP contribution in [0.5, 0.6) is 0 Å². The Balaban J connectivity index is 2.19. The molecule has 0 aliphatic heterocycles. The second-order valence-electron chi connectivity index (χ2n) is 0.492. The zero-order valence-electron chi connectivity index (χ0n) is 3.32. The minimum Gasteiger partial charge on any atom is -0.355 e. The van der Waals surface area contributed by atoms with E-state index in [9.17, 15) is 0 Å². The van der Waals surface area contributed by atoms with Crippen LogP contribution in [0.2, 0.25) is 0 Å². The molecule has 0 rings (SSSR count). The highest BCUT2D eigenvalue weighted by atomic mass is 32.7. The maximum Gasteiger partial charge on any atom is 0.0737 e. The molecular formula is C2H7OPS. The largest absolute Gasteiger partial charge is 0.355 e. The lowest BCUT2D eigenvalue weighted by Crippen LogP contribution is -1.48. The molecule has 3 heteroatoms. The summed E-state index contributed by atoms with van der Waals surface area (Å²) in [5.74, 6) is 0. The normalized spacial score (nSPS) is 10.8. The lowest BCUT2D eigenvalue weighted by Gasteiger charge is -1.83. The van der Waals surface area contributed by atoms with E-state index in [1.807, 2.05) is 6.26 Å². The Morgan fingerprint density at radius 2 is 2.40 bits per heavy atom. The Bertz CT molecular complexity index is 17.1. The van der Waals surface area contributed by atoms with Gasteiger partial charge in [-0.05, 0) is 6.26 Å². The number of hydrogen-bond acceptors (Lipinski definition) is 2. The van der Waals surface area contributed by atoms with Gasteiger partial charge in [-0.15, -0.1) is 11.4 Å². The van der Waals surface area contributed by atoms with Crippen LogP contribution in [0.25, 0.3) is 0 Å². The van der Waals surface area contributed by atoms with Gasteiger partial charge in [-0.25, -0.2) is 0 Å². The molecule has 5 heavy (non-hydrogen) atoms. The van der Waals surface area contributed by atoms with Gasteiger partial charge in [-0.2, -0.15) is 0 Å². The molecule has 1 nitrogen and oxygen atoms in total. The minimum atomic E-state index is 0.614. The summed E-state index contributed by atoms with van der Waals surface area (Å²) in [5.41, 5.74) is 0. The maximum atomic E-state index is 4.68. The maximum absolute atomic E-state index is 4.68. The third-order valence-corrected chi connectivity index (χ3v) is 1.50. The van der Waals surface area contributed by atoms with E-state index in [2.05, 4.69) is 4.52 Å². The van der Waals surface area contributed by atoms with E-state index in [0.717, 1.165) is 0 Å². The van der Waals surface area contributed by atoms with Crippen molar-refractivity contribution < 1.29 is 4.52 Å². The van der Waals surface area contributed by atoms with Gasteiger partial charge in [0.1, 0.15) is 0 Å². The molecule has 0 bridgehead atoms. The summed E-state index contributed by atoms with van der Waals surface area (Å²) in [5, 5.41) is 0. The molecule has 0 N–H and O–H groups in total. The van der Waals surface area contributed by atoms with Gasteiger partial charge in [0.2, 0.25) is 0 Å². The van der Waals surface area contributed by atoms with E-state index in [4.69, 9.17) is 0 Å². The van der Waals surface area contributed by atoms with E-state index < -0.39 is 0 Å². The Kier molecular flexibility index (Phi) is 5.44. The fourth-order valence-corrected chi connectivity index (χ4v) is 0.750. The Hall–Kier alpha value is 0.740. The van der Waals surface area contributed by atoms with Crippen molar-refractivity contribution in [3.63, 3.8) is 0 Å². The van der Waals surface area contributed by atoms with Crippen molar-refractivity contribution in [3.8, 4) is 0 Å². The van der Waals surface area contributed by atoms with Crippen molar-refractivity contribution in [2.24, 2.45) is 0 Å². The van der Waals surface area contributed by atoms with Crippen molar-refractivity contribution in [2.45, 2.75) is 0 Å². The second kappa shape index (κ2) is 4.74. The third kappa shape index (κ3) is 4.74. The summed E-state index contributed by atoms with van der Waals surface area (Å²) in [6.07, 6.45) is 2.02. The first-order valence-corrected chi connectivity index (χ1v) is 4.08.